The van der Waals surface area contributed by atoms with Crippen molar-refractivity contribution in [1.82, 2.24) is 24.7 Å². The van der Waals surface area contributed by atoms with E-state index >= 15 is 0 Å². The summed E-state index contributed by atoms with van der Waals surface area (Å²) in [6.45, 7) is 12.4. The molecule has 1 amide bonds. The molecule has 0 aliphatic carbocycles. The van der Waals surface area contributed by atoms with E-state index < -0.39 is 48.1 Å². The lowest BCUT2D eigenvalue weighted by atomic mass is 9.86. The van der Waals surface area contributed by atoms with Crippen LogP contribution in [0.15, 0.2) is 30.6 Å². The maximum Gasteiger partial charge on any atom is 0.416 e. The highest BCUT2D eigenvalue weighted by atomic mass is 19.4. The number of ether oxygens (including phenoxy) is 1. The normalized spacial score (nSPS) is 19.1. The summed E-state index contributed by atoms with van der Waals surface area (Å²) in [7, 11) is 1.62. The number of benzene rings is 1. The summed E-state index contributed by atoms with van der Waals surface area (Å²) >= 11 is 0. The molecule has 0 unspecified atom stereocenters. The van der Waals surface area contributed by atoms with Gasteiger partial charge in [-0.15, -0.1) is 0 Å². The van der Waals surface area contributed by atoms with E-state index in [4.69, 9.17) is 25.2 Å². The van der Waals surface area contributed by atoms with Crippen molar-refractivity contribution in [2.75, 3.05) is 46.4 Å². The summed E-state index contributed by atoms with van der Waals surface area (Å²) in [5.41, 5.74) is -0.562. The van der Waals surface area contributed by atoms with Gasteiger partial charge >= 0.3 is 24.1 Å². The second-order valence-corrected chi connectivity index (χ2v) is 13.3. The topological polar surface area (TPSA) is 194 Å². The molecule has 2 atom stereocenters. The Balaban J connectivity index is 0.000000460. The minimum atomic E-state index is -4.35. The largest absolute Gasteiger partial charge is 0.481 e. The van der Waals surface area contributed by atoms with Gasteiger partial charge in [0.1, 0.15) is 6.33 Å². The third-order valence-corrected chi connectivity index (χ3v) is 9.64. The zero-order valence-electron chi connectivity index (χ0n) is 29.3. The van der Waals surface area contributed by atoms with Crippen LogP contribution >= 0.6 is 0 Å². The number of halogens is 3. The van der Waals surface area contributed by atoms with Gasteiger partial charge in [-0.3, -0.25) is 24.2 Å². The van der Waals surface area contributed by atoms with Crippen molar-refractivity contribution in [2.24, 2.45) is 0 Å². The number of aryl methyl sites for hydroxylation is 2. The molecule has 3 heterocycles. The Labute approximate surface area is 293 Å². The van der Waals surface area contributed by atoms with Gasteiger partial charge in [0.15, 0.2) is 5.60 Å². The molecule has 1 aromatic carbocycles. The lowest BCUT2D eigenvalue weighted by Crippen LogP contribution is -2.62. The van der Waals surface area contributed by atoms with E-state index in [1.54, 1.807) is 19.2 Å². The number of likely N-dealkylation sites (tertiary alicyclic amines) is 1. The first-order valence-corrected chi connectivity index (χ1v) is 16.4. The molecule has 2 aliphatic rings. The molecule has 2 aliphatic heterocycles. The molecular weight excluding hydrogens is 679 g/mol. The van der Waals surface area contributed by atoms with Crippen LogP contribution in [0, 0.1) is 13.8 Å². The third kappa shape index (κ3) is 10.4. The fourth-order valence-corrected chi connectivity index (χ4v) is 6.64. The Morgan fingerprint density at radius 2 is 1.47 bits per heavy atom. The van der Waals surface area contributed by atoms with Crippen LogP contribution in [0.1, 0.15) is 78.4 Å². The molecule has 51 heavy (non-hydrogen) atoms. The summed E-state index contributed by atoms with van der Waals surface area (Å²) in [5, 5.41) is 33.8. The van der Waals surface area contributed by atoms with Gasteiger partial charge in [-0.25, -0.2) is 14.8 Å². The third-order valence-electron chi connectivity index (χ3n) is 9.64. The van der Waals surface area contributed by atoms with Crippen LogP contribution in [0.5, 0.6) is 0 Å². The second-order valence-electron chi connectivity index (χ2n) is 13.3. The molecule has 0 saturated carbocycles. The van der Waals surface area contributed by atoms with Crippen LogP contribution in [0.25, 0.3) is 0 Å². The van der Waals surface area contributed by atoms with Crippen LogP contribution in [-0.4, -0.2) is 133 Å². The molecule has 4 rings (SSSR count). The van der Waals surface area contributed by atoms with Crippen LogP contribution in [-0.2, 0) is 25.3 Å². The Bertz CT molecular complexity index is 1510. The molecule has 2 fully saturated rings. The molecule has 14 nitrogen and oxygen atoms in total. The summed E-state index contributed by atoms with van der Waals surface area (Å²) in [6.07, 6.45) is -3.40. The van der Waals surface area contributed by atoms with Gasteiger partial charge in [0.2, 0.25) is 0 Å². The Hall–Kier alpha value is -4.19. The van der Waals surface area contributed by atoms with E-state index in [1.165, 1.54) is 6.33 Å². The van der Waals surface area contributed by atoms with Gasteiger partial charge in [0.05, 0.1) is 48.0 Å². The number of amides is 1. The van der Waals surface area contributed by atoms with E-state index in [0.29, 0.717) is 36.6 Å². The van der Waals surface area contributed by atoms with Gasteiger partial charge in [-0.1, -0.05) is 12.1 Å². The number of carbonyl (C=O) groups is 4. The molecule has 282 valence electrons. The minimum absolute atomic E-state index is 0.000198. The number of piperazine rings is 1. The quantitative estimate of drug-likeness (QED) is 0.264. The number of carboxylic acid groups (broad SMARTS) is 3. The van der Waals surface area contributed by atoms with Crippen molar-refractivity contribution in [3.63, 3.8) is 0 Å². The predicted octanol–water partition coefficient (Wildman–Crippen LogP) is 3.25. The Kier molecular flexibility index (Phi) is 13.7. The number of nitrogens with zero attached hydrogens (tertiary/aromatic N) is 5. The first kappa shape index (κ1) is 41.2. The number of rotatable bonds is 11. The SMILES string of the molecule is COC[C@@H](c1ccc(C(F)(F)F)cc1)N1CCN(C2(C)CCN(C(=O)c3c(C)ncnc3C)CC2)C[C@@H]1C.O=C(O)CC(O)(CC(=O)O)C(=O)O. The van der Waals surface area contributed by atoms with Crippen molar-refractivity contribution in [3.05, 3.63) is 58.7 Å². The predicted molar refractivity (Wildman–Crippen MR) is 176 cm³/mol. The van der Waals surface area contributed by atoms with Gasteiger partial charge in [-0.2, -0.15) is 13.2 Å². The number of aromatic nitrogens is 2. The molecule has 4 N–H and O–H groups in total. The molecule has 0 bridgehead atoms. The van der Waals surface area contributed by atoms with Gasteiger partial charge in [0.25, 0.3) is 5.91 Å². The van der Waals surface area contributed by atoms with Crippen LogP contribution in [0.3, 0.4) is 0 Å². The monoisotopic (exact) mass is 725 g/mol. The van der Waals surface area contributed by atoms with E-state index in [2.05, 4.69) is 33.6 Å². The van der Waals surface area contributed by atoms with Crippen molar-refractivity contribution in [3.8, 4) is 0 Å². The van der Waals surface area contributed by atoms with Crippen molar-refractivity contribution in [1.29, 1.82) is 0 Å². The highest BCUT2D eigenvalue weighted by Crippen LogP contribution is 2.35. The second kappa shape index (κ2) is 16.9. The van der Waals surface area contributed by atoms with Crippen molar-refractivity contribution >= 4 is 23.8 Å². The molecule has 1 aromatic heterocycles. The smallest absolute Gasteiger partial charge is 0.416 e. The Morgan fingerprint density at radius 1 is 0.941 bits per heavy atom. The molecule has 2 aromatic rings. The number of carbonyl (C=O) groups excluding carboxylic acids is 1. The fraction of sp³-hybridized carbons (Fsp3) is 0.588. The standard InChI is InChI=1S/C28H38F3N5O2.C6H8O7/c1-19-16-35(14-15-36(19)24(17-38-5)22-6-8-23(9-7-22)28(29,30)31)27(4)10-12-34(13-11-27)26(37)25-20(2)32-18-33-21(25)3;7-3(8)1-6(13,5(11)12)2-4(9)10/h6-9,18-19,24H,10-17H2,1-5H3;13H,1-2H2,(H,7,8)(H,9,10)(H,11,12)/t19-,24-;/m0./s1. The fourth-order valence-electron chi connectivity index (χ4n) is 6.64. The van der Waals surface area contributed by atoms with E-state index in [0.717, 1.165) is 50.2 Å². The van der Waals surface area contributed by atoms with Gasteiger partial charge in [0, 0.05) is 51.4 Å². The zero-order valence-corrected chi connectivity index (χ0v) is 29.3. The Morgan fingerprint density at radius 3 is 1.90 bits per heavy atom. The van der Waals surface area contributed by atoms with Crippen LogP contribution in [0.4, 0.5) is 13.2 Å². The highest BCUT2D eigenvalue weighted by molar-refractivity contribution is 5.96. The molecule has 2 saturated heterocycles. The first-order chi connectivity index (χ1) is 23.7. The zero-order chi connectivity index (χ0) is 38.3. The molecular formula is C34H46F3N5O9. The average molecular weight is 726 g/mol. The van der Waals surface area contributed by atoms with Crippen molar-refractivity contribution < 1.29 is 57.5 Å². The number of hydrogen-bond donors (Lipinski definition) is 4. The number of alkyl halides is 3. The van der Waals surface area contributed by atoms with Crippen LogP contribution in [0.2, 0.25) is 0 Å². The van der Waals surface area contributed by atoms with E-state index in [9.17, 15) is 32.3 Å². The van der Waals surface area contributed by atoms with Gasteiger partial charge < -0.3 is 30.1 Å². The first-order valence-electron chi connectivity index (χ1n) is 16.4. The lowest BCUT2D eigenvalue weighted by molar-refractivity contribution is -0.170. The summed E-state index contributed by atoms with van der Waals surface area (Å²) < 4.78 is 44.7. The summed E-state index contributed by atoms with van der Waals surface area (Å²) in [4.78, 5) is 58.9. The van der Waals surface area contributed by atoms with Crippen molar-refractivity contribution in [2.45, 2.75) is 82.8 Å². The number of hydrogen-bond acceptors (Lipinski definition) is 10. The number of piperidine rings is 1. The van der Waals surface area contributed by atoms with Crippen LogP contribution < -0.4 is 0 Å². The van der Waals surface area contributed by atoms with E-state index in [-0.39, 0.29) is 23.5 Å². The van der Waals surface area contributed by atoms with Gasteiger partial charge in [-0.05, 0) is 58.2 Å². The highest BCUT2D eigenvalue weighted by Gasteiger charge is 2.42. The number of carboxylic acids is 3. The maximum absolute atomic E-state index is 13.2. The number of aliphatic hydroxyl groups is 1. The summed E-state index contributed by atoms with van der Waals surface area (Å²) in [6, 6.07) is 5.52. The lowest BCUT2D eigenvalue weighted by Gasteiger charge is -2.52. The maximum atomic E-state index is 13.2. The molecule has 17 heteroatoms. The van der Waals surface area contributed by atoms with E-state index in [1.807, 2.05) is 18.7 Å². The molecule has 0 spiro atoms. The number of aliphatic carboxylic acids is 3. The minimum Gasteiger partial charge on any atom is -0.481 e. The summed E-state index contributed by atoms with van der Waals surface area (Å²) in [5.74, 6) is -5.02. The molecule has 0 radical (unpaired) electrons. The average Bonchev–Trinajstić information content (AvgIpc) is 3.03. The number of methoxy groups -OCH3 is 1.